The van der Waals surface area contributed by atoms with Gasteiger partial charge in [-0.2, -0.15) is 5.10 Å². The summed E-state index contributed by atoms with van der Waals surface area (Å²) in [6.45, 7) is 0. The minimum absolute atomic E-state index is 0.0172. The van der Waals surface area contributed by atoms with Gasteiger partial charge < -0.3 is 19.3 Å². The van der Waals surface area contributed by atoms with Crippen LogP contribution in [-0.2, 0) is 0 Å². The maximum absolute atomic E-state index is 12.3. The number of methoxy groups -OCH3 is 2. The Morgan fingerprint density at radius 1 is 1.06 bits per heavy atom. The summed E-state index contributed by atoms with van der Waals surface area (Å²) in [4.78, 5) is 16.7. The van der Waals surface area contributed by atoms with Gasteiger partial charge >= 0.3 is 5.97 Å². The standard InChI is InChI=1S/C24H21N3O5/c1-30-20-11-10-15(21(24(28)29)22(20)31-2)23-27-18(14-7-3-4-9-19(14)32-23)13-17(26-27)16-8-5-6-12-25-16/h3-12,18,23H,13H2,1-2H3,(H,28,29)/t18-,23+/m1/s1. The fourth-order valence-corrected chi connectivity index (χ4v) is 4.30. The highest BCUT2D eigenvalue weighted by Crippen LogP contribution is 2.49. The van der Waals surface area contributed by atoms with Gasteiger partial charge in [0, 0.05) is 23.7 Å². The molecule has 2 aliphatic heterocycles. The minimum atomic E-state index is -1.14. The van der Waals surface area contributed by atoms with E-state index in [4.69, 9.17) is 19.3 Å². The Morgan fingerprint density at radius 3 is 2.59 bits per heavy atom. The number of nitrogens with zero attached hydrogens (tertiary/aromatic N) is 3. The lowest BCUT2D eigenvalue weighted by Crippen LogP contribution is -2.34. The highest BCUT2D eigenvalue weighted by molar-refractivity contribution is 6.00. The van der Waals surface area contributed by atoms with E-state index in [1.54, 1.807) is 18.3 Å². The van der Waals surface area contributed by atoms with Crippen LogP contribution in [0.3, 0.4) is 0 Å². The number of ether oxygens (including phenoxy) is 3. The first-order valence-corrected chi connectivity index (χ1v) is 10.1. The molecule has 0 spiro atoms. The molecule has 162 valence electrons. The molecule has 0 radical (unpaired) electrons. The molecule has 8 nitrogen and oxygen atoms in total. The van der Waals surface area contributed by atoms with Crippen molar-refractivity contribution in [3.05, 3.63) is 83.2 Å². The maximum Gasteiger partial charge on any atom is 0.340 e. The van der Waals surface area contributed by atoms with Gasteiger partial charge in [-0.3, -0.25) is 4.98 Å². The lowest BCUT2D eigenvalue weighted by molar-refractivity contribution is -0.0199. The van der Waals surface area contributed by atoms with E-state index in [1.807, 2.05) is 47.5 Å². The smallest absolute Gasteiger partial charge is 0.340 e. The molecule has 0 amide bonds. The van der Waals surface area contributed by atoms with E-state index in [9.17, 15) is 9.90 Å². The molecule has 0 fully saturated rings. The van der Waals surface area contributed by atoms with Crippen molar-refractivity contribution in [2.45, 2.75) is 18.7 Å². The van der Waals surface area contributed by atoms with E-state index >= 15 is 0 Å². The zero-order valence-corrected chi connectivity index (χ0v) is 17.6. The van der Waals surface area contributed by atoms with E-state index in [1.165, 1.54) is 14.2 Å². The molecule has 0 unspecified atom stereocenters. The average molecular weight is 431 g/mol. The molecule has 1 aromatic heterocycles. The number of hydrazone groups is 1. The summed E-state index contributed by atoms with van der Waals surface area (Å²) in [5.41, 5.74) is 3.01. The van der Waals surface area contributed by atoms with E-state index in [2.05, 4.69) is 4.98 Å². The number of hydrogen-bond acceptors (Lipinski definition) is 7. The van der Waals surface area contributed by atoms with E-state index in [0.717, 1.165) is 17.0 Å². The molecular weight excluding hydrogens is 410 g/mol. The molecule has 3 aromatic rings. The fraction of sp³-hybridized carbons (Fsp3) is 0.208. The number of para-hydroxylation sites is 1. The largest absolute Gasteiger partial charge is 0.493 e. The van der Waals surface area contributed by atoms with Crippen LogP contribution in [-0.4, -0.2) is 41.0 Å². The number of aromatic carboxylic acids is 1. The molecule has 0 saturated carbocycles. The van der Waals surface area contributed by atoms with Crippen molar-refractivity contribution in [1.82, 2.24) is 9.99 Å². The SMILES string of the molecule is COc1ccc([C@@H]2Oc3ccccc3[C@H]3CC(c4ccccn4)=NN32)c(C(=O)O)c1OC. The number of pyridine rings is 1. The quantitative estimate of drug-likeness (QED) is 0.652. The highest BCUT2D eigenvalue weighted by Gasteiger charge is 2.43. The number of rotatable bonds is 5. The Labute approximate surface area is 184 Å². The second-order valence-electron chi connectivity index (χ2n) is 7.44. The number of aromatic nitrogens is 1. The minimum Gasteiger partial charge on any atom is -0.493 e. The Bertz CT molecular complexity index is 1210. The zero-order valence-electron chi connectivity index (χ0n) is 17.6. The van der Waals surface area contributed by atoms with Crippen LogP contribution in [0.2, 0.25) is 0 Å². The van der Waals surface area contributed by atoms with Crippen molar-refractivity contribution < 1.29 is 24.1 Å². The second kappa shape index (κ2) is 7.88. The number of carbonyl (C=O) groups is 1. The van der Waals surface area contributed by atoms with E-state index in [0.29, 0.717) is 23.5 Å². The maximum atomic E-state index is 12.3. The molecule has 0 saturated heterocycles. The monoisotopic (exact) mass is 431 g/mol. The van der Waals surface area contributed by atoms with Crippen LogP contribution >= 0.6 is 0 Å². The Morgan fingerprint density at radius 2 is 1.88 bits per heavy atom. The third kappa shape index (κ3) is 3.11. The van der Waals surface area contributed by atoms with Gasteiger partial charge in [-0.05, 0) is 30.3 Å². The summed E-state index contributed by atoms with van der Waals surface area (Å²) in [6.07, 6.45) is 1.60. The third-order valence-electron chi connectivity index (χ3n) is 5.72. The molecule has 8 heteroatoms. The second-order valence-corrected chi connectivity index (χ2v) is 7.44. The molecule has 3 heterocycles. The Balaban J connectivity index is 1.67. The molecule has 2 aliphatic rings. The van der Waals surface area contributed by atoms with Crippen molar-refractivity contribution in [1.29, 1.82) is 0 Å². The Kier molecular flexibility index (Phi) is 4.89. The number of carboxylic acid groups (broad SMARTS) is 1. The van der Waals surface area contributed by atoms with Gasteiger partial charge in [0.25, 0.3) is 0 Å². The molecule has 5 rings (SSSR count). The highest BCUT2D eigenvalue weighted by atomic mass is 16.5. The van der Waals surface area contributed by atoms with Crippen LogP contribution in [0, 0.1) is 0 Å². The van der Waals surface area contributed by atoms with Gasteiger partial charge in [-0.1, -0.05) is 24.3 Å². The molecule has 0 bridgehead atoms. The summed E-state index contributed by atoms with van der Waals surface area (Å²) in [6, 6.07) is 16.7. The van der Waals surface area contributed by atoms with Crippen molar-refractivity contribution in [3.8, 4) is 17.2 Å². The molecular formula is C24H21N3O5. The molecule has 2 aromatic carbocycles. The van der Waals surface area contributed by atoms with Crippen LogP contribution in [0.25, 0.3) is 0 Å². The Hall–Kier alpha value is -4.07. The first kappa shape index (κ1) is 19.9. The van der Waals surface area contributed by atoms with Crippen LogP contribution in [0.15, 0.2) is 65.9 Å². The summed E-state index contributed by atoms with van der Waals surface area (Å²) < 4.78 is 17.0. The lowest BCUT2D eigenvalue weighted by Gasteiger charge is -2.38. The first-order chi connectivity index (χ1) is 15.6. The van der Waals surface area contributed by atoms with Crippen LogP contribution in [0.4, 0.5) is 0 Å². The van der Waals surface area contributed by atoms with Crippen LogP contribution < -0.4 is 14.2 Å². The molecule has 2 atom stereocenters. The lowest BCUT2D eigenvalue weighted by atomic mass is 9.96. The summed E-state index contributed by atoms with van der Waals surface area (Å²) in [5, 5.41) is 16.7. The molecule has 0 aliphatic carbocycles. The third-order valence-corrected chi connectivity index (χ3v) is 5.72. The van der Waals surface area contributed by atoms with Crippen molar-refractivity contribution in [2.24, 2.45) is 5.10 Å². The van der Waals surface area contributed by atoms with Gasteiger partial charge in [0.2, 0.25) is 6.23 Å². The van der Waals surface area contributed by atoms with Gasteiger partial charge in [-0.25, -0.2) is 9.80 Å². The van der Waals surface area contributed by atoms with Gasteiger partial charge in [0.1, 0.15) is 11.3 Å². The summed E-state index contributed by atoms with van der Waals surface area (Å²) in [7, 11) is 2.89. The predicted molar refractivity (Wildman–Crippen MR) is 116 cm³/mol. The number of hydrogen-bond donors (Lipinski definition) is 1. The molecule has 1 N–H and O–H groups in total. The fourth-order valence-electron chi connectivity index (χ4n) is 4.30. The topological polar surface area (TPSA) is 93.5 Å². The van der Waals surface area contributed by atoms with Crippen molar-refractivity contribution in [2.75, 3.05) is 14.2 Å². The molecule has 32 heavy (non-hydrogen) atoms. The van der Waals surface area contributed by atoms with Crippen molar-refractivity contribution in [3.63, 3.8) is 0 Å². The first-order valence-electron chi connectivity index (χ1n) is 10.1. The van der Waals surface area contributed by atoms with Crippen LogP contribution in [0.1, 0.15) is 45.9 Å². The number of fused-ring (bicyclic) bond motifs is 3. The van der Waals surface area contributed by atoms with E-state index < -0.39 is 12.2 Å². The summed E-state index contributed by atoms with van der Waals surface area (Å²) in [5.74, 6) is 0.0374. The van der Waals surface area contributed by atoms with E-state index in [-0.39, 0.29) is 17.4 Å². The van der Waals surface area contributed by atoms with Gasteiger partial charge in [-0.15, -0.1) is 0 Å². The normalized spacial score (nSPS) is 18.8. The van der Waals surface area contributed by atoms with Gasteiger partial charge in [0.15, 0.2) is 11.5 Å². The summed E-state index contributed by atoms with van der Waals surface area (Å²) >= 11 is 0. The average Bonchev–Trinajstić information content (AvgIpc) is 3.29. The number of benzene rings is 2. The van der Waals surface area contributed by atoms with Gasteiger partial charge in [0.05, 0.1) is 31.7 Å². The predicted octanol–water partition coefficient (Wildman–Crippen LogP) is 4.04. The van der Waals surface area contributed by atoms with Crippen LogP contribution in [0.5, 0.6) is 17.2 Å². The van der Waals surface area contributed by atoms with Crippen molar-refractivity contribution >= 4 is 11.7 Å². The number of carboxylic acids is 1. The zero-order chi connectivity index (χ0) is 22.2.